The van der Waals surface area contributed by atoms with Gasteiger partial charge in [0.15, 0.2) is 0 Å². The standard InChI is InChI=1S/C15H22BrNO2S/c1-3-12-6-4-5-7-14(12)17-20(18,19)15-9-8-11(2)10-13(15)16/h8-10,12,14,17H,3-7H2,1-2H3. The van der Waals surface area contributed by atoms with Crippen molar-refractivity contribution in [1.29, 1.82) is 0 Å². The van der Waals surface area contributed by atoms with Crippen LogP contribution in [0.4, 0.5) is 0 Å². The first-order valence-electron chi connectivity index (χ1n) is 7.22. The number of rotatable bonds is 4. The number of hydrogen-bond donors (Lipinski definition) is 1. The molecule has 20 heavy (non-hydrogen) atoms. The minimum atomic E-state index is -3.45. The molecule has 1 fully saturated rings. The van der Waals surface area contributed by atoms with Crippen molar-refractivity contribution in [3.05, 3.63) is 28.2 Å². The number of halogens is 1. The van der Waals surface area contributed by atoms with Crippen LogP contribution in [0.15, 0.2) is 27.6 Å². The van der Waals surface area contributed by atoms with Gasteiger partial charge in [0.1, 0.15) is 0 Å². The van der Waals surface area contributed by atoms with E-state index >= 15 is 0 Å². The van der Waals surface area contributed by atoms with Crippen molar-refractivity contribution in [2.24, 2.45) is 5.92 Å². The molecule has 2 atom stereocenters. The monoisotopic (exact) mass is 359 g/mol. The van der Waals surface area contributed by atoms with Crippen molar-refractivity contribution in [2.75, 3.05) is 0 Å². The highest BCUT2D eigenvalue weighted by Gasteiger charge is 2.29. The van der Waals surface area contributed by atoms with E-state index in [1.165, 1.54) is 6.42 Å². The normalized spacial score (nSPS) is 23.8. The van der Waals surface area contributed by atoms with Gasteiger partial charge in [-0.1, -0.05) is 32.3 Å². The molecule has 0 bridgehead atoms. The molecule has 1 aliphatic rings. The molecule has 1 N–H and O–H groups in total. The van der Waals surface area contributed by atoms with Gasteiger partial charge in [0.05, 0.1) is 4.90 Å². The van der Waals surface area contributed by atoms with Crippen LogP contribution in [0.2, 0.25) is 0 Å². The number of benzene rings is 1. The third-order valence-corrected chi connectivity index (χ3v) is 6.58. The molecule has 0 aliphatic heterocycles. The van der Waals surface area contributed by atoms with Gasteiger partial charge in [-0.15, -0.1) is 0 Å². The molecule has 1 saturated carbocycles. The zero-order valence-electron chi connectivity index (χ0n) is 12.0. The molecule has 0 heterocycles. The Labute approximate surface area is 130 Å². The van der Waals surface area contributed by atoms with Crippen molar-refractivity contribution in [1.82, 2.24) is 4.72 Å². The highest BCUT2D eigenvalue weighted by Crippen LogP contribution is 2.29. The average Bonchev–Trinajstić information content (AvgIpc) is 2.38. The van der Waals surface area contributed by atoms with Gasteiger partial charge in [-0.05, 0) is 59.3 Å². The lowest BCUT2D eigenvalue weighted by atomic mass is 9.83. The topological polar surface area (TPSA) is 46.2 Å². The van der Waals surface area contributed by atoms with E-state index in [1.807, 2.05) is 19.1 Å². The summed E-state index contributed by atoms with van der Waals surface area (Å²) in [5.41, 5.74) is 1.04. The lowest BCUT2D eigenvalue weighted by Crippen LogP contribution is -2.41. The molecule has 0 aromatic heterocycles. The van der Waals surface area contributed by atoms with Crippen molar-refractivity contribution in [3.8, 4) is 0 Å². The average molecular weight is 360 g/mol. The maximum atomic E-state index is 12.6. The van der Waals surface area contributed by atoms with Gasteiger partial charge in [0, 0.05) is 10.5 Å². The van der Waals surface area contributed by atoms with Crippen molar-refractivity contribution < 1.29 is 8.42 Å². The molecule has 0 radical (unpaired) electrons. The van der Waals surface area contributed by atoms with E-state index in [1.54, 1.807) is 6.07 Å². The van der Waals surface area contributed by atoms with Crippen LogP contribution in [0, 0.1) is 12.8 Å². The van der Waals surface area contributed by atoms with E-state index in [0.29, 0.717) is 15.3 Å². The highest BCUT2D eigenvalue weighted by atomic mass is 79.9. The molecule has 1 aliphatic carbocycles. The Bertz CT molecular complexity index is 571. The molecule has 1 aromatic rings. The minimum absolute atomic E-state index is 0.0759. The predicted octanol–water partition coefficient (Wildman–Crippen LogP) is 4.00. The van der Waals surface area contributed by atoms with E-state index in [0.717, 1.165) is 31.2 Å². The summed E-state index contributed by atoms with van der Waals surface area (Å²) in [4.78, 5) is 0.337. The highest BCUT2D eigenvalue weighted by molar-refractivity contribution is 9.10. The summed E-state index contributed by atoms with van der Waals surface area (Å²) in [6, 6.07) is 5.42. The molecular weight excluding hydrogens is 338 g/mol. The predicted molar refractivity (Wildman–Crippen MR) is 85.2 cm³/mol. The fraction of sp³-hybridized carbons (Fsp3) is 0.600. The molecule has 0 amide bonds. The second-order valence-electron chi connectivity index (χ2n) is 5.61. The Hall–Kier alpha value is -0.390. The Morgan fingerprint density at radius 3 is 2.65 bits per heavy atom. The summed E-state index contributed by atoms with van der Waals surface area (Å²) in [6.07, 6.45) is 5.42. The summed E-state index contributed by atoms with van der Waals surface area (Å²) < 4.78 is 28.7. The van der Waals surface area contributed by atoms with Crippen LogP contribution in [0.3, 0.4) is 0 Å². The second kappa shape index (κ2) is 6.58. The van der Waals surface area contributed by atoms with Gasteiger partial charge in [0.2, 0.25) is 10.0 Å². The van der Waals surface area contributed by atoms with Crippen molar-refractivity contribution in [2.45, 2.75) is 56.9 Å². The quantitative estimate of drug-likeness (QED) is 0.882. The second-order valence-corrected chi connectivity index (χ2v) is 8.15. The molecule has 3 nitrogen and oxygen atoms in total. The van der Waals surface area contributed by atoms with Crippen LogP contribution < -0.4 is 4.72 Å². The molecule has 0 saturated heterocycles. The van der Waals surface area contributed by atoms with Crippen LogP contribution in [0.1, 0.15) is 44.6 Å². The zero-order valence-corrected chi connectivity index (χ0v) is 14.4. The van der Waals surface area contributed by atoms with Crippen LogP contribution >= 0.6 is 15.9 Å². The Balaban J connectivity index is 2.22. The SMILES string of the molecule is CCC1CCCCC1NS(=O)(=O)c1ccc(C)cc1Br. The van der Waals surface area contributed by atoms with Gasteiger partial charge < -0.3 is 0 Å². The summed E-state index contributed by atoms with van der Waals surface area (Å²) in [5.74, 6) is 0.461. The smallest absolute Gasteiger partial charge is 0.208 e. The number of sulfonamides is 1. The van der Waals surface area contributed by atoms with Gasteiger partial charge in [-0.3, -0.25) is 0 Å². The first kappa shape index (κ1) is 16.0. The fourth-order valence-electron chi connectivity index (χ4n) is 2.94. The lowest BCUT2D eigenvalue weighted by Gasteiger charge is -2.31. The molecule has 2 rings (SSSR count). The lowest BCUT2D eigenvalue weighted by molar-refractivity contribution is 0.282. The van der Waals surface area contributed by atoms with Gasteiger partial charge in [-0.2, -0.15) is 0 Å². The van der Waals surface area contributed by atoms with Gasteiger partial charge in [0.25, 0.3) is 0 Å². The fourth-order valence-corrected chi connectivity index (χ4v) is 5.47. The molecule has 1 aromatic carbocycles. The number of aryl methyl sites for hydroxylation is 1. The summed E-state index contributed by atoms with van der Waals surface area (Å²) >= 11 is 3.36. The molecule has 5 heteroatoms. The first-order valence-corrected chi connectivity index (χ1v) is 9.50. The molecule has 2 unspecified atom stereocenters. The molecule has 112 valence electrons. The zero-order chi connectivity index (χ0) is 14.8. The van der Waals surface area contributed by atoms with E-state index in [-0.39, 0.29) is 6.04 Å². The van der Waals surface area contributed by atoms with Crippen molar-refractivity contribution in [3.63, 3.8) is 0 Å². The summed E-state index contributed by atoms with van der Waals surface area (Å²) in [7, 11) is -3.45. The van der Waals surface area contributed by atoms with Gasteiger partial charge in [-0.25, -0.2) is 13.1 Å². The maximum absolute atomic E-state index is 12.6. The van der Waals surface area contributed by atoms with E-state index in [9.17, 15) is 8.42 Å². The molecule has 0 spiro atoms. The van der Waals surface area contributed by atoms with Crippen LogP contribution in [0.5, 0.6) is 0 Å². The maximum Gasteiger partial charge on any atom is 0.241 e. The summed E-state index contributed by atoms with van der Waals surface area (Å²) in [5, 5.41) is 0. The number of hydrogen-bond acceptors (Lipinski definition) is 2. The van der Waals surface area contributed by atoms with Crippen LogP contribution in [0.25, 0.3) is 0 Å². The van der Waals surface area contributed by atoms with Crippen LogP contribution in [-0.4, -0.2) is 14.5 Å². The Kier molecular flexibility index (Phi) is 5.26. The Morgan fingerprint density at radius 2 is 2.00 bits per heavy atom. The van der Waals surface area contributed by atoms with E-state index in [4.69, 9.17) is 0 Å². The third kappa shape index (κ3) is 3.62. The first-order chi connectivity index (χ1) is 9.44. The molecular formula is C15H22BrNO2S. The largest absolute Gasteiger partial charge is 0.241 e. The number of nitrogens with one attached hydrogen (secondary N) is 1. The van der Waals surface area contributed by atoms with E-state index < -0.39 is 10.0 Å². The van der Waals surface area contributed by atoms with Gasteiger partial charge >= 0.3 is 0 Å². The van der Waals surface area contributed by atoms with E-state index in [2.05, 4.69) is 27.6 Å². The minimum Gasteiger partial charge on any atom is -0.208 e. The Morgan fingerprint density at radius 1 is 1.30 bits per heavy atom. The van der Waals surface area contributed by atoms with Crippen LogP contribution in [-0.2, 0) is 10.0 Å². The third-order valence-electron chi connectivity index (χ3n) is 4.12. The summed E-state index contributed by atoms with van der Waals surface area (Å²) in [6.45, 7) is 4.09. The van der Waals surface area contributed by atoms with Crippen molar-refractivity contribution >= 4 is 26.0 Å².